The van der Waals surface area contributed by atoms with Crippen LogP contribution in [0.5, 0.6) is 0 Å². The van der Waals surface area contributed by atoms with E-state index in [0.717, 1.165) is 16.9 Å². The molecule has 6 heteroatoms. The van der Waals surface area contributed by atoms with Gasteiger partial charge in [-0.2, -0.15) is 13.2 Å². The van der Waals surface area contributed by atoms with Crippen molar-refractivity contribution in [3.8, 4) is 0 Å². The van der Waals surface area contributed by atoms with Crippen LogP contribution in [0.15, 0.2) is 18.2 Å². The minimum atomic E-state index is -4.38. The Morgan fingerprint density at radius 3 is 2.55 bits per heavy atom. The van der Waals surface area contributed by atoms with Gasteiger partial charge in [-0.1, -0.05) is 25.5 Å². The number of unbranched alkanes of at least 4 members (excludes halogenated alkanes) is 1. The van der Waals surface area contributed by atoms with Crippen molar-refractivity contribution in [2.24, 2.45) is 0 Å². The molecular weight excluding hydrogens is 382 g/mol. The molecule has 1 rings (SSSR count). The van der Waals surface area contributed by atoms with Gasteiger partial charge in [0.15, 0.2) is 0 Å². The van der Waals surface area contributed by atoms with E-state index >= 15 is 0 Å². The van der Waals surface area contributed by atoms with Crippen LogP contribution in [0.25, 0.3) is 0 Å². The summed E-state index contributed by atoms with van der Waals surface area (Å²) in [5.41, 5.74) is 1.23. The largest absolute Gasteiger partial charge is 0.406 e. The van der Waals surface area contributed by atoms with Crippen LogP contribution in [0.2, 0.25) is 0 Å². The van der Waals surface area contributed by atoms with Gasteiger partial charge in [-0.15, -0.1) is 0 Å². The molecule has 0 bridgehead atoms. The molecular formula is C14H17F3INO. The first kappa shape index (κ1) is 17.3. The second kappa shape index (κ2) is 7.28. The van der Waals surface area contributed by atoms with Crippen molar-refractivity contribution in [1.82, 2.24) is 4.90 Å². The Hall–Kier alpha value is -0.790. The van der Waals surface area contributed by atoms with Crippen LogP contribution >= 0.6 is 22.6 Å². The predicted octanol–water partition coefficient (Wildman–Crippen LogP) is 4.40. The summed E-state index contributed by atoms with van der Waals surface area (Å²) >= 11 is 2.00. The lowest BCUT2D eigenvalue weighted by Gasteiger charge is -2.24. The molecule has 0 N–H and O–H groups in total. The van der Waals surface area contributed by atoms with E-state index in [9.17, 15) is 18.0 Å². The first-order chi connectivity index (χ1) is 9.26. The van der Waals surface area contributed by atoms with Gasteiger partial charge >= 0.3 is 6.18 Å². The molecule has 0 saturated heterocycles. The van der Waals surface area contributed by atoms with Crippen LogP contribution in [0.3, 0.4) is 0 Å². The molecule has 0 atom stereocenters. The lowest BCUT2D eigenvalue weighted by Crippen LogP contribution is -2.40. The smallest absolute Gasteiger partial charge is 0.330 e. The van der Waals surface area contributed by atoms with Crippen molar-refractivity contribution in [2.75, 3.05) is 13.1 Å². The standard InChI is InChI=1S/C14H17F3INO/c1-3-4-8-19(9-14(15,16)17)13(20)11-7-5-6-10(2)12(11)18/h5-7H,3-4,8-9H2,1-2H3. The fraction of sp³-hybridized carbons (Fsp3) is 0.500. The van der Waals surface area contributed by atoms with Crippen LogP contribution < -0.4 is 0 Å². The summed E-state index contributed by atoms with van der Waals surface area (Å²) in [5.74, 6) is -0.552. The third-order valence-corrected chi connectivity index (χ3v) is 4.29. The fourth-order valence-corrected chi connectivity index (χ4v) is 2.39. The SMILES string of the molecule is CCCCN(CC(F)(F)F)C(=O)c1cccc(C)c1I. The molecule has 0 aliphatic carbocycles. The molecule has 1 aromatic carbocycles. The molecule has 0 unspecified atom stereocenters. The Bertz CT molecular complexity index is 474. The minimum Gasteiger partial charge on any atom is -0.330 e. The number of hydrogen-bond acceptors (Lipinski definition) is 1. The number of hydrogen-bond donors (Lipinski definition) is 0. The van der Waals surface area contributed by atoms with Crippen molar-refractivity contribution >= 4 is 28.5 Å². The number of aryl methyl sites for hydroxylation is 1. The monoisotopic (exact) mass is 399 g/mol. The maximum Gasteiger partial charge on any atom is 0.406 e. The summed E-state index contributed by atoms with van der Waals surface area (Å²) in [7, 11) is 0. The molecule has 0 fully saturated rings. The van der Waals surface area contributed by atoms with Crippen molar-refractivity contribution in [2.45, 2.75) is 32.9 Å². The molecule has 2 nitrogen and oxygen atoms in total. The number of nitrogens with zero attached hydrogens (tertiary/aromatic N) is 1. The van der Waals surface area contributed by atoms with Gasteiger partial charge < -0.3 is 4.90 Å². The molecule has 0 heterocycles. The van der Waals surface area contributed by atoms with E-state index in [2.05, 4.69) is 0 Å². The van der Waals surface area contributed by atoms with Gasteiger partial charge in [-0.05, 0) is 47.6 Å². The molecule has 0 aliphatic rings. The average molecular weight is 399 g/mol. The highest BCUT2D eigenvalue weighted by molar-refractivity contribution is 14.1. The van der Waals surface area contributed by atoms with Gasteiger partial charge in [0.1, 0.15) is 6.54 Å². The number of carbonyl (C=O) groups is 1. The summed E-state index contributed by atoms with van der Waals surface area (Å²) in [4.78, 5) is 13.2. The molecule has 0 saturated carbocycles. The Kier molecular flexibility index (Phi) is 6.29. The van der Waals surface area contributed by atoms with Crippen molar-refractivity contribution < 1.29 is 18.0 Å². The number of benzene rings is 1. The highest BCUT2D eigenvalue weighted by Gasteiger charge is 2.33. The van der Waals surface area contributed by atoms with Gasteiger partial charge in [0.25, 0.3) is 5.91 Å². The Morgan fingerprint density at radius 2 is 2.00 bits per heavy atom. The van der Waals surface area contributed by atoms with E-state index in [0.29, 0.717) is 15.6 Å². The average Bonchev–Trinajstić information content (AvgIpc) is 2.35. The summed E-state index contributed by atoms with van der Waals surface area (Å²) in [5, 5.41) is 0. The first-order valence-electron chi connectivity index (χ1n) is 6.37. The number of amides is 1. The molecule has 0 aromatic heterocycles. The second-order valence-corrected chi connectivity index (χ2v) is 5.71. The Labute approximate surface area is 130 Å². The zero-order chi connectivity index (χ0) is 15.3. The summed E-state index contributed by atoms with van der Waals surface area (Å²) in [6.45, 7) is 2.64. The molecule has 112 valence electrons. The van der Waals surface area contributed by atoms with E-state index in [1.807, 2.05) is 42.5 Å². The topological polar surface area (TPSA) is 20.3 Å². The molecule has 1 amide bonds. The predicted molar refractivity (Wildman–Crippen MR) is 80.8 cm³/mol. The van der Waals surface area contributed by atoms with Gasteiger partial charge in [-0.3, -0.25) is 4.79 Å². The van der Waals surface area contributed by atoms with Crippen LogP contribution in [-0.2, 0) is 0 Å². The molecule has 1 aromatic rings. The first-order valence-corrected chi connectivity index (χ1v) is 7.45. The zero-order valence-corrected chi connectivity index (χ0v) is 13.6. The molecule has 0 radical (unpaired) electrons. The van der Waals surface area contributed by atoms with E-state index < -0.39 is 18.6 Å². The van der Waals surface area contributed by atoms with Crippen LogP contribution in [0, 0.1) is 10.5 Å². The molecule has 0 spiro atoms. The van der Waals surface area contributed by atoms with Crippen molar-refractivity contribution in [1.29, 1.82) is 0 Å². The Balaban J connectivity index is 3.00. The van der Waals surface area contributed by atoms with Gasteiger partial charge in [0.2, 0.25) is 0 Å². The van der Waals surface area contributed by atoms with Gasteiger partial charge in [-0.25, -0.2) is 0 Å². The quantitative estimate of drug-likeness (QED) is 0.673. The molecule has 0 aliphatic heterocycles. The zero-order valence-electron chi connectivity index (χ0n) is 11.4. The maximum absolute atomic E-state index is 12.6. The van der Waals surface area contributed by atoms with Gasteiger partial charge in [0, 0.05) is 10.1 Å². The summed E-state index contributed by atoms with van der Waals surface area (Å²) < 4.78 is 38.5. The van der Waals surface area contributed by atoms with E-state index in [1.165, 1.54) is 0 Å². The number of carbonyl (C=O) groups excluding carboxylic acids is 1. The lowest BCUT2D eigenvalue weighted by atomic mass is 10.1. The van der Waals surface area contributed by atoms with Crippen LogP contribution in [0.4, 0.5) is 13.2 Å². The fourth-order valence-electron chi connectivity index (χ4n) is 1.80. The van der Waals surface area contributed by atoms with E-state index in [-0.39, 0.29) is 6.54 Å². The minimum absolute atomic E-state index is 0.124. The normalized spacial score (nSPS) is 11.5. The summed E-state index contributed by atoms with van der Waals surface area (Å²) in [6.07, 6.45) is -3.07. The van der Waals surface area contributed by atoms with Crippen LogP contribution in [0.1, 0.15) is 35.7 Å². The van der Waals surface area contributed by atoms with Crippen molar-refractivity contribution in [3.05, 3.63) is 32.9 Å². The molecule has 20 heavy (non-hydrogen) atoms. The number of halogens is 4. The highest BCUT2D eigenvalue weighted by atomic mass is 127. The Morgan fingerprint density at radius 1 is 1.35 bits per heavy atom. The lowest BCUT2D eigenvalue weighted by molar-refractivity contribution is -0.140. The van der Waals surface area contributed by atoms with Crippen molar-refractivity contribution in [3.63, 3.8) is 0 Å². The van der Waals surface area contributed by atoms with Crippen LogP contribution in [-0.4, -0.2) is 30.1 Å². The highest BCUT2D eigenvalue weighted by Crippen LogP contribution is 2.22. The van der Waals surface area contributed by atoms with E-state index in [4.69, 9.17) is 0 Å². The third kappa shape index (κ3) is 4.96. The summed E-state index contributed by atoms with van der Waals surface area (Å²) in [6, 6.07) is 5.10. The third-order valence-electron chi connectivity index (χ3n) is 2.86. The number of rotatable bonds is 5. The van der Waals surface area contributed by atoms with E-state index in [1.54, 1.807) is 12.1 Å². The number of alkyl halides is 3. The van der Waals surface area contributed by atoms with Gasteiger partial charge in [0.05, 0.1) is 5.56 Å². The second-order valence-electron chi connectivity index (χ2n) is 4.63. The maximum atomic E-state index is 12.6.